The van der Waals surface area contributed by atoms with Crippen LogP contribution in [0.2, 0.25) is 5.02 Å². The molecule has 1 fully saturated rings. The van der Waals surface area contributed by atoms with Crippen LogP contribution in [-0.4, -0.2) is 41.5 Å². The van der Waals surface area contributed by atoms with Crippen molar-refractivity contribution in [3.8, 4) is 11.3 Å². The monoisotopic (exact) mass is 422 g/mol. The van der Waals surface area contributed by atoms with Gasteiger partial charge in [-0.2, -0.15) is 0 Å². The van der Waals surface area contributed by atoms with E-state index in [1.165, 1.54) is 0 Å². The molecule has 0 radical (unpaired) electrons. The normalized spacial score (nSPS) is 16.5. The van der Waals surface area contributed by atoms with E-state index in [1.54, 1.807) is 11.8 Å². The van der Waals surface area contributed by atoms with Crippen LogP contribution in [0.25, 0.3) is 22.2 Å². The van der Waals surface area contributed by atoms with E-state index in [0.717, 1.165) is 29.3 Å². The number of hydrogen-bond donors (Lipinski definition) is 0. The molecule has 2 heterocycles. The Labute approximate surface area is 180 Å². The summed E-state index contributed by atoms with van der Waals surface area (Å²) in [4.78, 5) is 32.2. The van der Waals surface area contributed by atoms with Gasteiger partial charge in [0.15, 0.2) is 0 Å². The maximum Gasteiger partial charge on any atom is 0.310 e. The lowest BCUT2D eigenvalue weighted by molar-refractivity contribution is -0.149. The molecule has 1 saturated heterocycles. The molecule has 0 saturated carbocycles. The number of esters is 1. The van der Waals surface area contributed by atoms with E-state index in [1.807, 2.05) is 54.6 Å². The lowest BCUT2D eigenvalue weighted by Gasteiger charge is -2.32. The zero-order valence-electron chi connectivity index (χ0n) is 16.8. The Morgan fingerprint density at radius 3 is 2.70 bits per heavy atom. The molecule has 1 aliphatic heterocycles. The molecular formula is C24H23ClN2O3. The van der Waals surface area contributed by atoms with Gasteiger partial charge in [-0.1, -0.05) is 41.9 Å². The fraction of sp³-hybridized carbons (Fsp3) is 0.292. The third-order valence-corrected chi connectivity index (χ3v) is 5.67. The predicted molar refractivity (Wildman–Crippen MR) is 117 cm³/mol. The first-order valence-corrected chi connectivity index (χ1v) is 10.6. The van der Waals surface area contributed by atoms with Crippen molar-refractivity contribution in [2.75, 3.05) is 19.7 Å². The van der Waals surface area contributed by atoms with Crippen molar-refractivity contribution in [3.05, 3.63) is 65.2 Å². The molecule has 0 unspecified atom stereocenters. The number of hydrogen-bond acceptors (Lipinski definition) is 4. The highest BCUT2D eigenvalue weighted by Crippen LogP contribution is 2.28. The van der Waals surface area contributed by atoms with E-state index in [4.69, 9.17) is 21.3 Å². The Morgan fingerprint density at radius 2 is 1.93 bits per heavy atom. The zero-order chi connectivity index (χ0) is 21.1. The summed E-state index contributed by atoms with van der Waals surface area (Å²) in [7, 11) is 0. The van der Waals surface area contributed by atoms with Gasteiger partial charge in [0.1, 0.15) is 0 Å². The lowest BCUT2D eigenvalue weighted by Crippen LogP contribution is -2.42. The van der Waals surface area contributed by atoms with Crippen LogP contribution in [0, 0.1) is 5.92 Å². The van der Waals surface area contributed by atoms with Gasteiger partial charge in [-0.25, -0.2) is 4.98 Å². The number of aromatic nitrogens is 1. The van der Waals surface area contributed by atoms with Gasteiger partial charge in [0, 0.05) is 29.1 Å². The molecule has 1 atom stereocenters. The second-order valence-electron chi connectivity index (χ2n) is 7.42. The predicted octanol–water partition coefficient (Wildman–Crippen LogP) is 4.97. The Hall–Kier alpha value is -2.92. The van der Waals surface area contributed by atoms with Gasteiger partial charge in [-0.05, 0) is 44.0 Å². The van der Waals surface area contributed by atoms with Gasteiger partial charge in [0.2, 0.25) is 0 Å². The topological polar surface area (TPSA) is 59.5 Å². The largest absolute Gasteiger partial charge is 0.466 e. The van der Waals surface area contributed by atoms with Crippen LogP contribution < -0.4 is 0 Å². The van der Waals surface area contributed by atoms with Gasteiger partial charge >= 0.3 is 5.97 Å². The molecule has 2 aromatic carbocycles. The minimum atomic E-state index is -0.272. The maximum atomic E-state index is 13.5. The van der Waals surface area contributed by atoms with E-state index in [2.05, 4.69) is 0 Å². The molecule has 4 rings (SSSR count). The van der Waals surface area contributed by atoms with Crippen LogP contribution in [0.15, 0.2) is 54.6 Å². The highest BCUT2D eigenvalue weighted by Gasteiger charge is 2.30. The number of para-hydroxylation sites is 1. The van der Waals surface area contributed by atoms with Crippen LogP contribution in [0.1, 0.15) is 30.1 Å². The van der Waals surface area contributed by atoms with Crippen molar-refractivity contribution in [2.45, 2.75) is 19.8 Å². The van der Waals surface area contributed by atoms with Crippen LogP contribution in [-0.2, 0) is 9.53 Å². The maximum absolute atomic E-state index is 13.5. The lowest BCUT2D eigenvalue weighted by atomic mass is 9.96. The molecular weight excluding hydrogens is 400 g/mol. The van der Waals surface area contributed by atoms with Crippen molar-refractivity contribution in [3.63, 3.8) is 0 Å². The molecule has 0 bridgehead atoms. The van der Waals surface area contributed by atoms with E-state index in [0.29, 0.717) is 36.0 Å². The summed E-state index contributed by atoms with van der Waals surface area (Å²) >= 11 is 6.02. The van der Waals surface area contributed by atoms with E-state index in [9.17, 15) is 9.59 Å². The second kappa shape index (κ2) is 8.84. The summed E-state index contributed by atoms with van der Waals surface area (Å²) in [5.74, 6) is -0.583. The van der Waals surface area contributed by atoms with Gasteiger partial charge < -0.3 is 9.64 Å². The van der Waals surface area contributed by atoms with Crippen molar-refractivity contribution in [2.24, 2.45) is 5.92 Å². The molecule has 0 spiro atoms. The number of rotatable bonds is 4. The Kier molecular flexibility index (Phi) is 6.00. The number of benzene rings is 2. The number of likely N-dealkylation sites (tertiary alicyclic amines) is 1. The van der Waals surface area contributed by atoms with Crippen molar-refractivity contribution < 1.29 is 14.3 Å². The minimum absolute atomic E-state index is 0.0854. The van der Waals surface area contributed by atoms with Crippen LogP contribution >= 0.6 is 11.6 Å². The number of fused-ring (bicyclic) bond motifs is 1. The number of pyridine rings is 1. The molecule has 0 N–H and O–H groups in total. The number of amides is 1. The highest BCUT2D eigenvalue weighted by molar-refractivity contribution is 6.30. The summed E-state index contributed by atoms with van der Waals surface area (Å²) < 4.78 is 5.17. The molecule has 3 aromatic rings. The third-order valence-electron chi connectivity index (χ3n) is 5.42. The molecule has 1 aromatic heterocycles. The van der Waals surface area contributed by atoms with Gasteiger partial charge in [-0.15, -0.1) is 0 Å². The van der Waals surface area contributed by atoms with Crippen molar-refractivity contribution in [1.82, 2.24) is 9.88 Å². The Bertz CT molecular complexity index is 1080. The van der Waals surface area contributed by atoms with E-state index < -0.39 is 0 Å². The highest BCUT2D eigenvalue weighted by atomic mass is 35.5. The zero-order valence-corrected chi connectivity index (χ0v) is 17.6. The number of nitrogens with zero attached hydrogens (tertiary/aromatic N) is 2. The minimum Gasteiger partial charge on any atom is -0.466 e. The van der Waals surface area contributed by atoms with Crippen LogP contribution in [0.4, 0.5) is 0 Å². The first-order valence-electron chi connectivity index (χ1n) is 10.2. The number of carbonyl (C=O) groups is 2. The van der Waals surface area contributed by atoms with Gasteiger partial charge in [0.25, 0.3) is 5.91 Å². The summed E-state index contributed by atoms with van der Waals surface area (Å²) in [6.45, 7) is 3.15. The summed E-state index contributed by atoms with van der Waals surface area (Å²) in [6.07, 6.45) is 1.53. The average Bonchev–Trinajstić information content (AvgIpc) is 2.78. The summed E-state index contributed by atoms with van der Waals surface area (Å²) in [5.41, 5.74) is 2.96. The van der Waals surface area contributed by atoms with Crippen molar-refractivity contribution in [1.29, 1.82) is 0 Å². The molecule has 30 heavy (non-hydrogen) atoms. The molecule has 6 heteroatoms. The standard InChI is InChI=1S/C24H23ClN2O3/c1-2-30-24(29)17-6-5-13-27(15-17)23(28)20-14-22(16-9-11-18(25)12-10-16)26-21-8-4-3-7-19(20)21/h3-4,7-12,14,17H,2,5-6,13,15H2,1H3/t17-/m0/s1. The van der Waals surface area contributed by atoms with Gasteiger partial charge in [-0.3, -0.25) is 9.59 Å². The molecule has 154 valence electrons. The molecule has 5 nitrogen and oxygen atoms in total. The first-order chi connectivity index (χ1) is 14.6. The number of carbonyl (C=O) groups excluding carboxylic acids is 2. The fourth-order valence-electron chi connectivity index (χ4n) is 3.91. The van der Waals surface area contributed by atoms with Gasteiger partial charge in [0.05, 0.1) is 29.3 Å². The van der Waals surface area contributed by atoms with Crippen molar-refractivity contribution >= 4 is 34.4 Å². The van der Waals surface area contributed by atoms with E-state index in [-0.39, 0.29) is 17.8 Å². The third kappa shape index (κ3) is 4.17. The molecule has 1 amide bonds. The number of piperidine rings is 1. The Balaban J connectivity index is 1.71. The summed E-state index contributed by atoms with van der Waals surface area (Å²) in [5, 5.41) is 1.45. The molecule has 1 aliphatic rings. The SMILES string of the molecule is CCOC(=O)[C@H]1CCCN(C(=O)c2cc(-c3ccc(Cl)cc3)nc3ccccc23)C1. The average molecular weight is 423 g/mol. The fourth-order valence-corrected chi connectivity index (χ4v) is 4.03. The first kappa shape index (κ1) is 20.4. The summed E-state index contributed by atoms with van der Waals surface area (Å²) in [6, 6.07) is 16.9. The van der Waals surface area contributed by atoms with Crippen LogP contribution in [0.5, 0.6) is 0 Å². The smallest absolute Gasteiger partial charge is 0.310 e. The molecule has 0 aliphatic carbocycles. The quantitative estimate of drug-likeness (QED) is 0.557. The Morgan fingerprint density at radius 1 is 1.17 bits per heavy atom. The number of ether oxygens (including phenoxy) is 1. The number of halogens is 1. The van der Waals surface area contributed by atoms with E-state index >= 15 is 0 Å². The van der Waals surface area contributed by atoms with Crippen LogP contribution in [0.3, 0.4) is 0 Å². The second-order valence-corrected chi connectivity index (χ2v) is 7.86.